The van der Waals surface area contributed by atoms with Crippen LogP contribution in [0.1, 0.15) is 13.8 Å². The van der Waals surface area contributed by atoms with Crippen LogP contribution in [0.25, 0.3) is 0 Å². The van der Waals surface area contributed by atoms with Crippen molar-refractivity contribution < 1.29 is 5.11 Å². The van der Waals surface area contributed by atoms with Gasteiger partial charge >= 0.3 is 0 Å². The lowest BCUT2D eigenvalue weighted by Gasteiger charge is -2.18. The second-order valence-corrected chi connectivity index (χ2v) is 3.07. The third-order valence-electron chi connectivity index (χ3n) is 1.32. The maximum Gasteiger partial charge on any atom is 0.0689 e. The highest BCUT2D eigenvalue weighted by atomic mass is 16.3. The van der Waals surface area contributed by atoms with E-state index < -0.39 is 0 Å². The molecule has 0 bridgehead atoms. The van der Waals surface area contributed by atoms with E-state index in [0.717, 1.165) is 6.54 Å². The van der Waals surface area contributed by atoms with Gasteiger partial charge in [0.25, 0.3) is 0 Å². The van der Waals surface area contributed by atoms with E-state index in [0.29, 0.717) is 5.92 Å². The fourth-order valence-electron chi connectivity index (χ4n) is 0.585. The summed E-state index contributed by atoms with van der Waals surface area (Å²) in [7, 11) is 3.93. The molecule has 1 N–H and O–H groups in total. The maximum absolute atomic E-state index is 9.26. The van der Waals surface area contributed by atoms with Crippen LogP contribution in [-0.4, -0.2) is 36.8 Å². The van der Waals surface area contributed by atoms with Crippen LogP contribution in [0.2, 0.25) is 0 Å². The molecule has 0 spiro atoms. The van der Waals surface area contributed by atoms with Crippen molar-refractivity contribution in [2.24, 2.45) is 5.92 Å². The lowest BCUT2D eigenvalue weighted by molar-refractivity contribution is 0.0946. The average molecular weight is 131 g/mol. The van der Waals surface area contributed by atoms with E-state index in [1.54, 1.807) is 0 Å². The van der Waals surface area contributed by atoms with E-state index in [9.17, 15) is 5.11 Å². The molecule has 0 saturated heterocycles. The molecule has 56 valence electrons. The van der Waals surface area contributed by atoms with Crippen molar-refractivity contribution in [2.45, 2.75) is 20.0 Å². The van der Waals surface area contributed by atoms with Gasteiger partial charge in [-0.15, -0.1) is 0 Å². The fraction of sp³-hybridized carbons (Fsp3) is 1.00. The Balaban J connectivity index is 3.38. The summed E-state index contributed by atoms with van der Waals surface area (Å²) in [6.07, 6.45) is -0.181. The van der Waals surface area contributed by atoms with Gasteiger partial charge in [0.05, 0.1) is 6.10 Å². The van der Waals surface area contributed by atoms with Gasteiger partial charge in [-0.3, -0.25) is 0 Å². The predicted octanol–water partition coefficient (Wildman–Crippen LogP) is 0.565. The van der Waals surface area contributed by atoms with Crippen LogP contribution in [-0.2, 0) is 0 Å². The SMILES string of the molecule is CC(C)[C@@H](O)CN(C)C. The molecule has 0 unspecified atom stereocenters. The van der Waals surface area contributed by atoms with Crippen molar-refractivity contribution in [3.63, 3.8) is 0 Å². The van der Waals surface area contributed by atoms with Gasteiger partial charge in [0.1, 0.15) is 0 Å². The van der Waals surface area contributed by atoms with Crippen LogP contribution in [0.15, 0.2) is 0 Å². The van der Waals surface area contributed by atoms with Crippen molar-refractivity contribution in [3.05, 3.63) is 0 Å². The minimum atomic E-state index is -0.181. The molecule has 0 saturated carbocycles. The van der Waals surface area contributed by atoms with Gasteiger partial charge in [0.2, 0.25) is 0 Å². The third-order valence-corrected chi connectivity index (χ3v) is 1.32. The maximum atomic E-state index is 9.26. The zero-order valence-corrected chi connectivity index (χ0v) is 6.76. The Morgan fingerprint density at radius 2 is 1.78 bits per heavy atom. The minimum Gasteiger partial charge on any atom is -0.392 e. The van der Waals surface area contributed by atoms with Gasteiger partial charge in [0, 0.05) is 6.54 Å². The van der Waals surface area contributed by atoms with Crippen LogP contribution < -0.4 is 0 Å². The zero-order chi connectivity index (χ0) is 7.44. The van der Waals surface area contributed by atoms with E-state index in [1.165, 1.54) is 0 Å². The summed E-state index contributed by atoms with van der Waals surface area (Å²) in [5.74, 6) is 0.368. The van der Waals surface area contributed by atoms with Crippen LogP contribution in [0, 0.1) is 5.92 Å². The monoisotopic (exact) mass is 131 g/mol. The topological polar surface area (TPSA) is 23.5 Å². The number of hydrogen-bond acceptors (Lipinski definition) is 2. The van der Waals surface area contributed by atoms with Crippen molar-refractivity contribution >= 4 is 0 Å². The standard InChI is InChI=1S/C7H17NO/c1-6(2)7(9)5-8(3)4/h6-7,9H,5H2,1-4H3/t7-/m0/s1. The van der Waals surface area contributed by atoms with Gasteiger partial charge in [-0.2, -0.15) is 0 Å². The first-order chi connectivity index (χ1) is 4.04. The van der Waals surface area contributed by atoms with Crippen molar-refractivity contribution in [3.8, 4) is 0 Å². The number of aliphatic hydroxyl groups is 1. The highest BCUT2D eigenvalue weighted by Gasteiger charge is 2.08. The summed E-state index contributed by atoms with van der Waals surface area (Å²) in [4.78, 5) is 1.99. The molecule has 0 aliphatic heterocycles. The number of rotatable bonds is 3. The molecule has 0 rings (SSSR count). The number of aliphatic hydroxyl groups excluding tert-OH is 1. The molecular weight excluding hydrogens is 114 g/mol. The number of hydrogen-bond donors (Lipinski definition) is 1. The van der Waals surface area contributed by atoms with Gasteiger partial charge in [-0.1, -0.05) is 13.8 Å². The smallest absolute Gasteiger partial charge is 0.0689 e. The molecule has 2 heteroatoms. The Morgan fingerprint density at radius 3 is 1.89 bits per heavy atom. The molecule has 2 nitrogen and oxygen atoms in total. The number of nitrogens with zero attached hydrogens (tertiary/aromatic N) is 1. The summed E-state index contributed by atoms with van der Waals surface area (Å²) in [6.45, 7) is 4.81. The summed E-state index contributed by atoms with van der Waals surface area (Å²) in [5, 5.41) is 9.26. The van der Waals surface area contributed by atoms with Crippen LogP contribution in [0.4, 0.5) is 0 Å². The van der Waals surface area contributed by atoms with E-state index in [1.807, 2.05) is 32.8 Å². The predicted molar refractivity (Wildman–Crippen MR) is 39.4 cm³/mol. The fourth-order valence-corrected chi connectivity index (χ4v) is 0.585. The van der Waals surface area contributed by atoms with Crippen molar-refractivity contribution in [1.82, 2.24) is 4.90 Å². The minimum absolute atomic E-state index is 0.181. The summed E-state index contributed by atoms with van der Waals surface area (Å²) in [6, 6.07) is 0. The first kappa shape index (κ1) is 8.92. The number of likely N-dealkylation sites (N-methyl/N-ethyl adjacent to an activating group) is 1. The molecule has 0 aromatic heterocycles. The first-order valence-corrected chi connectivity index (χ1v) is 3.37. The molecule has 0 amide bonds. The third kappa shape index (κ3) is 4.43. The Hall–Kier alpha value is -0.0800. The molecule has 0 aromatic carbocycles. The lowest BCUT2D eigenvalue weighted by Crippen LogP contribution is -2.29. The normalized spacial score (nSPS) is 15.0. The second kappa shape index (κ2) is 3.85. The largest absolute Gasteiger partial charge is 0.392 e. The molecule has 0 aromatic rings. The Bertz CT molecular complexity index is 71.3. The molecule has 9 heavy (non-hydrogen) atoms. The van der Waals surface area contributed by atoms with E-state index in [4.69, 9.17) is 0 Å². The highest BCUT2D eigenvalue weighted by Crippen LogP contribution is 2.00. The van der Waals surface area contributed by atoms with Crippen molar-refractivity contribution in [1.29, 1.82) is 0 Å². The van der Waals surface area contributed by atoms with E-state index in [2.05, 4.69) is 0 Å². The summed E-state index contributed by atoms with van der Waals surface area (Å²) >= 11 is 0. The van der Waals surface area contributed by atoms with Crippen LogP contribution in [0.3, 0.4) is 0 Å². The van der Waals surface area contributed by atoms with Gasteiger partial charge < -0.3 is 10.0 Å². The molecular formula is C7H17NO. The lowest BCUT2D eigenvalue weighted by atomic mass is 10.1. The quantitative estimate of drug-likeness (QED) is 0.605. The van der Waals surface area contributed by atoms with Gasteiger partial charge in [-0.25, -0.2) is 0 Å². The van der Waals surface area contributed by atoms with Crippen molar-refractivity contribution in [2.75, 3.05) is 20.6 Å². The van der Waals surface area contributed by atoms with E-state index >= 15 is 0 Å². The molecule has 0 aliphatic carbocycles. The molecule has 0 radical (unpaired) electrons. The van der Waals surface area contributed by atoms with Gasteiger partial charge in [-0.05, 0) is 20.0 Å². The molecule has 1 atom stereocenters. The van der Waals surface area contributed by atoms with Gasteiger partial charge in [0.15, 0.2) is 0 Å². The highest BCUT2D eigenvalue weighted by molar-refractivity contribution is 4.61. The Labute approximate surface area is 57.5 Å². The summed E-state index contributed by atoms with van der Waals surface area (Å²) < 4.78 is 0. The Kier molecular flexibility index (Phi) is 3.82. The van der Waals surface area contributed by atoms with Crippen LogP contribution in [0.5, 0.6) is 0 Å². The van der Waals surface area contributed by atoms with Crippen LogP contribution >= 0.6 is 0 Å². The molecule has 0 aliphatic rings. The Morgan fingerprint density at radius 1 is 1.33 bits per heavy atom. The average Bonchev–Trinajstić information content (AvgIpc) is 1.63. The zero-order valence-electron chi connectivity index (χ0n) is 6.76. The molecule has 0 heterocycles. The summed E-state index contributed by atoms with van der Waals surface area (Å²) in [5.41, 5.74) is 0. The second-order valence-electron chi connectivity index (χ2n) is 3.07. The first-order valence-electron chi connectivity index (χ1n) is 3.37. The molecule has 0 fully saturated rings. The van der Waals surface area contributed by atoms with E-state index in [-0.39, 0.29) is 6.10 Å².